The number of carboxylic acid groups (broad SMARTS) is 1. The zero-order valence-corrected chi connectivity index (χ0v) is 19.7. The number of aliphatic carboxylic acids is 1. The summed E-state index contributed by atoms with van der Waals surface area (Å²) in [7, 11) is 0. The van der Waals surface area contributed by atoms with Crippen molar-refractivity contribution in [3.63, 3.8) is 0 Å². The highest BCUT2D eigenvalue weighted by Crippen LogP contribution is 2.26. The maximum atomic E-state index is 13.5. The predicted molar refractivity (Wildman–Crippen MR) is 126 cm³/mol. The summed E-state index contributed by atoms with van der Waals surface area (Å²) in [5.74, 6) is -2.74. The van der Waals surface area contributed by atoms with Crippen molar-refractivity contribution < 1.29 is 29.3 Å². The maximum Gasteiger partial charge on any atom is 0.334 e. The van der Waals surface area contributed by atoms with E-state index in [1.807, 2.05) is 30.3 Å². The van der Waals surface area contributed by atoms with Gasteiger partial charge in [-0.1, -0.05) is 54.6 Å². The van der Waals surface area contributed by atoms with Gasteiger partial charge in [0.15, 0.2) is 17.1 Å². The van der Waals surface area contributed by atoms with Gasteiger partial charge >= 0.3 is 11.9 Å². The highest BCUT2D eigenvalue weighted by molar-refractivity contribution is 5.88. The molecule has 1 amide bonds. The molecular formula is C25H29N3O7. The summed E-state index contributed by atoms with van der Waals surface area (Å²) < 4.78 is 5.10. The highest BCUT2D eigenvalue weighted by atomic mass is 16.7. The topological polar surface area (TPSA) is 130 Å². The lowest BCUT2D eigenvalue weighted by Crippen LogP contribution is -2.59. The SMILES string of the molecule is CCOC(=O)[C@H](CCc1ccccc1)N([C@@H](C)C(=O)N1Cc2ccccc2C[C@H]1C(=O)O)[N+](=O)[O-]. The Hall–Kier alpha value is -3.95. The van der Waals surface area contributed by atoms with Crippen LogP contribution in [0.4, 0.5) is 0 Å². The van der Waals surface area contributed by atoms with Gasteiger partial charge in [-0.3, -0.25) is 4.79 Å². The molecule has 0 saturated carbocycles. The molecule has 186 valence electrons. The van der Waals surface area contributed by atoms with Crippen LogP contribution in [0.1, 0.15) is 37.0 Å². The molecule has 1 heterocycles. The summed E-state index contributed by atoms with van der Waals surface area (Å²) in [5, 5.41) is 21.7. The number of rotatable bonds is 10. The largest absolute Gasteiger partial charge is 0.480 e. The van der Waals surface area contributed by atoms with Crippen LogP contribution in [-0.2, 0) is 38.5 Å². The van der Waals surface area contributed by atoms with E-state index in [1.54, 1.807) is 31.2 Å². The molecule has 35 heavy (non-hydrogen) atoms. The zero-order valence-electron chi connectivity index (χ0n) is 19.7. The lowest BCUT2D eigenvalue weighted by Gasteiger charge is -2.37. The number of hydrogen-bond donors (Lipinski definition) is 1. The molecule has 2 aromatic carbocycles. The molecule has 0 saturated heterocycles. The number of hydrogen-bond acceptors (Lipinski definition) is 6. The van der Waals surface area contributed by atoms with Crippen molar-refractivity contribution in [2.75, 3.05) is 6.61 Å². The van der Waals surface area contributed by atoms with Gasteiger partial charge < -0.3 is 14.7 Å². The number of carbonyl (C=O) groups excluding carboxylic acids is 2. The number of aryl methyl sites for hydroxylation is 1. The second-order valence-corrected chi connectivity index (χ2v) is 8.38. The fourth-order valence-corrected chi connectivity index (χ4v) is 4.40. The van der Waals surface area contributed by atoms with Crippen LogP contribution in [0.15, 0.2) is 54.6 Å². The molecule has 2 aromatic rings. The zero-order chi connectivity index (χ0) is 25.5. The predicted octanol–water partition coefficient (Wildman–Crippen LogP) is 2.47. The third-order valence-electron chi connectivity index (χ3n) is 6.19. The quantitative estimate of drug-likeness (QED) is 0.310. The molecule has 0 aromatic heterocycles. The molecular weight excluding hydrogens is 454 g/mol. The fraction of sp³-hybridized carbons (Fsp3) is 0.400. The lowest BCUT2D eigenvalue weighted by molar-refractivity contribution is -0.666. The van der Waals surface area contributed by atoms with Crippen molar-refractivity contribution >= 4 is 17.8 Å². The van der Waals surface area contributed by atoms with Crippen LogP contribution in [0, 0.1) is 10.1 Å². The lowest BCUT2D eigenvalue weighted by atomic mass is 9.93. The van der Waals surface area contributed by atoms with E-state index in [0.29, 0.717) is 11.4 Å². The van der Waals surface area contributed by atoms with Crippen LogP contribution in [0.25, 0.3) is 0 Å². The summed E-state index contributed by atoms with van der Waals surface area (Å²) >= 11 is 0. The molecule has 10 heteroatoms. The van der Waals surface area contributed by atoms with Crippen molar-refractivity contribution in [1.82, 2.24) is 9.91 Å². The van der Waals surface area contributed by atoms with Gasteiger partial charge in [0.25, 0.3) is 5.91 Å². The van der Waals surface area contributed by atoms with Crippen LogP contribution in [0.3, 0.4) is 0 Å². The van der Waals surface area contributed by atoms with Crippen LogP contribution >= 0.6 is 0 Å². The van der Waals surface area contributed by atoms with Crippen LogP contribution < -0.4 is 0 Å². The first-order valence-electron chi connectivity index (χ1n) is 11.5. The average Bonchev–Trinajstić information content (AvgIpc) is 2.85. The Bertz CT molecular complexity index is 1080. The molecule has 1 aliphatic heterocycles. The van der Waals surface area contributed by atoms with Crippen LogP contribution in [-0.4, -0.2) is 62.6 Å². The van der Waals surface area contributed by atoms with Gasteiger partial charge in [0.1, 0.15) is 6.04 Å². The Labute approximate surface area is 203 Å². The van der Waals surface area contributed by atoms with Crippen molar-refractivity contribution in [1.29, 1.82) is 0 Å². The minimum atomic E-state index is -1.40. The van der Waals surface area contributed by atoms with Crippen molar-refractivity contribution in [3.05, 3.63) is 81.4 Å². The molecule has 3 atom stereocenters. The molecule has 0 aliphatic carbocycles. The fourth-order valence-electron chi connectivity index (χ4n) is 4.40. The molecule has 10 nitrogen and oxygen atoms in total. The van der Waals surface area contributed by atoms with E-state index in [0.717, 1.165) is 21.6 Å². The Kier molecular flexibility index (Phi) is 8.40. The Morgan fingerprint density at radius 2 is 1.77 bits per heavy atom. The van der Waals surface area contributed by atoms with Crippen molar-refractivity contribution in [3.8, 4) is 0 Å². The van der Waals surface area contributed by atoms with Crippen molar-refractivity contribution in [2.45, 2.75) is 57.8 Å². The highest BCUT2D eigenvalue weighted by Gasteiger charge is 2.45. The van der Waals surface area contributed by atoms with E-state index < -0.39 is 41.0 Å². The first-order valence-corrected chi connectivity index (χ1v) is 11.5. The minimum absolute atomic E-state index is 0.00988. The number of fused-ring (bicyclic) bond motifs is 1. The Balaban J connectivity index is 1.89. The molecule has 0 unspecified atom stereocenters. The first-order chi connectivity index (χ1) is 16.7. The number of carbonyl (C=O) groups is 3. The molecule has 0 radical (unpaired) electrons. The van der Waals surface area contributed by atoms with Gasteiger partial charge in [-0.2, -0.15) is 0 Å². The molecule has 1 aliphatic rings. The first kappa shape index (κ1) is 25.7. The number of ether oxygens (including phenoxy) is 1. The van der Waals surface area contributed by atoms with E-state index in [4.69, 9.17) is 4.74 Å². The summed E-state index contributed by atoms with van der Waals surface area (Å²) in [6.07, 6.45) is 0.495. The standard InChI is InChI=1S/C25H29N3O7/c1-3-35-25(32)21(14-13-18-9-5-4-6-10-18)27(28(33)34)17(2)23(29)26-16-20-12-8-7-11-19(20)15-22(26)24(30)31/h4-12,17,21-22H,3,13-16H2,1-2H3,(H,30,31)/t17-,21-,22-/m0/s1. The van der Waals surface area contributed by atoms with E-state index in [-0.39, 0.29) is 26.0 Å². The van der Waals surface area contributed by atoms with E-state index in [1.165, 1.54) is 6.92 Å². The maximum absolute atomic E-state index is 13.5. The van der Waals surface area contributed by atoms with Gasteiger partial charge in [-0.15, -0.1) is 5.01 Å². The van der Waals surface area contributed by atoms with Gasteiger partial charge in [0.2, 0.25) is 0 Å². The van der Waals surface area contributed by atoms with Crippen LogP contribution in [0.2, 0.25) is 0 Å². The second kappa shape index (κ2) is 11.5. The molecule has 1 N–H and O–H groups in total. The Morgan fingerprint density at radius 3 is 2.37 bits per heavy atom. The monoisotopic (exact) mass is 483 g/mol. The average molecular weight is 484 g/mol. The molecule has 0 fully saturated rings. The van der Waals surface area contributed by atoms with Gasteiger partial charge in [-0.25, -0.2) is 19.7 Å². The molecule has 3 rings (SSSR count). The summed E-state index contributed by atoms with van der Waals surface area (Å²) in [6.45, 7) is 2.95. The van der Waals surface area contributed by atoms with Crippen LogP contribution in [0.5, 0.6) is 0 Å². The number of benzene rings is 2. The number of esters is 1. The second-order valence-electron chi connectivity index (χ2n) is 8.38. The number of hydrazine groups is 1. The van der Waals surface area contributed by atoms with Crippen molar-refractivity contribution in [2.24, 2.45) is 0 Å². The normalized spacial score (nSPS) is 16.5. The van der Waals surface area contributed by atoms with E-state index in [9.17, 15) is 29.6 Å². The number of nitrogens with zero attached hydrogens (tertiary/aromatic N) is 3. The third kappa shape index (κ3) is 5.95. The Morgan fingerprint density at radius 1 is 1.14 bits per heavy atom. The number of nitro groups is 1. The summed E-state index contributed by atoms with van der Waals surface area (Å²) in [4.78, 5) is 51.5. The minimum Gasteiger partial charge on any atom is -0.480 e. The number of amides is 1. The smallest absolute Gasteiger partial charge is 0.334 e. The number of carboxylic acids is 1. The van der Waals surface area contributed by atoms with E-state index in [2.05, 4.69) is 0 Å². The summed E-state index contributed by atoms with van der Waals surface area (Å²) in [6, 6.07) is 12.5. The van der Waals surface area contributed by atoms with Gasteiger partial charge in [-0.05, 0) is 43.4 Å². The van der Waals surface area contributed by atoms with Gasteiger partial charge in [0.05, 0.1) is 6.61 Å². The summed E-state index contributed by atoms with van der Waals surface area (Å²) in [5.41, 5.74) is 2.47. The molecule has 0 bridgehead atoms. The van der Waals surface area contributed by atoms with Gasteiger partial charge in [0, 0.05) is 13.0 Å². The third-order valence-corrected chi connectivity index (χ3v) is 6.19. The molecule has 0 spiro atoms. The van der Waals surface area contributed by atoms with E-state index >= 15 is 0 Å².